The van der Waals surface area contributed by atoms with Crippen LogP contribution in [0.15, 0.2) is 24.3 Å². The Morgan fingerprint density at radius 2 is 1.93 bits per heavy atom. The van der Waals surface area contributed by atoms with E-state index in [0.29, 0.717) is 24.8 Å². The molecule has 5 rings (SSSR count). The Balaban J connectivity index is 1.21. The smallest absolute Gasteiger partial charge is 0.272 e. The minimum absolute atomic E-state index is 0.0169. The number of aromatic amines is 1. The SMILES string of the molecule is Cc1ccc(-c2cc(C(=O)N3CC4(CC(N5CCCCC5)CO4)C3)[nH]n2)cc1C. The summed E-state index contributed by atoms with van der Waals surface area (Å²) >= 11 is 0. The van der Waals surface area contributed by atoms with Crippen molar-refractivity contribution in [3.05, 3.63) is 41.1 Å². The quantitative estimate of drug-likeness (QED) is 0.869. The van der Waals surface area contributed by atoms with Gasteiger partial charge in [-0.25, -0.2) is 0 Å². The van der Waals surface area contributed by atoms with Crippen molar-refractivity contribution in [1.29, 1.82) is 0 Å². The Bertz CT molecular complexity index is 909. The van der Waals surface area contributed by atoms with E-state index in [1.807, 2.05) is 11.0 Å². The number of carbonyl (C=O) groups is 1. The minimum atomic E-state index is -0.130. The predicted octanol–water partition coefficient (Wildman–Crippen LogP) is 3.16. The van der Waals surface area contributed by atoms with Crippen molar-refractivity contribution in [2.75, 3.05) is 32.8 Å². The van der Waals surface area contributed by atoms with Crippen LogP contribution < -0.4 is 0 Å². The first-order chi connectivity index (χ1) is 14.0. The largest absolute Gasteiger partial charge is 0.370 e. The molecule has 1 amide bonds. The van der Waals surface area contributed by atoms with Crippen LogP contribution in [0.3, 0.4) is 0 Å². The Morgan fingerprint density at radius 1 is 1.14 bits per heavy atom. The maximum absolute atomic E-state index is 12.9. The van der Waals surface area contributed by atoms with Crippen molar-refractivity contribution in [3.63, 3.8) is 0 Å². The second kappa shape index (κ2) is 7.26. The molecule has 3 aliphatic heterocycles. The number of ether oxygens (including phenoxy) is 1. The van der Waals surface area contributed by atoms with E-state index in [1.165, 1.54) is 43.5 Å². The molecule has 4 heterocycles. The van der Waals surface area contributed by atoms with E-state index >= 15 is 0 Å². The lowest BCUT2D eigenvalue weighted by Crippen LogP contribution is -2.63. The summed E-state index contributed by atoms with van der Waals surface area (Å²) in [7, 11) is 0. The van der Waals surface area contributed by atoms with Gasteiger partial charge in [-0.15, -0.1) is 0 Å². The number of hydrogen-bond donors (Lipinski definition) is 1. The van der Waals surface area contributed by atoms with Crippen molar-refractivity contribution < 1.29 is 9.53 Å². The fourth-order valence-corrected chi connectivity index (χ4v) is 5.00. The van der Waals surface area contributed by atoms with E-state index in [1.54, 1.807) is 0 Å². The fourth-order valence-electron chi connectivity index (χ4n) is 5.00. The molecule has 0 saturated carbocycles. The molecule has 1 unspecified atom stereocenters. The molecular weight excluding hydrogens is 364 g/mol. The second-order valence-corrected chi connectivity index (χ2v) is 9.08. The van der Waals surface area contributed by atoms with Crippen molar-refractivity contribution >= 4 is 5.91 Å². The molecule has 29 heavy (non-hydrogen) atoms. The number of likely N-dealkylation sites (tertiary alicyclic amines) is 2. The molecule has 154 valence electrons. The Hall–Kier alpha value is -2.18. The summed E-state index contributed by atoms with van der Waals surface area (Å²) in [5.41, 5.74) is 4.75. The van der Waals surface area contributed by atoms with Gasteiger partial charge in [0.2, 0.25) is 0 Å². The average Bonchev–Trinajstić information content (AvgIpc) is 3.37. The molecule has 3 aliphatic rings. The van der Waals surface area contributed by atoms with Crippen LogP contribution in [0.1, 0.15) is 47.3 Å². The first kappa shape index (κ1) is 18.8. The number of carbonyl (C=O) groups excluding carboxylic acids is 1. The molecule has 1 atom stereocenters. The number of nitrogens with zero attached hydrogens (tertiary/aromatic N) is 3. The van der Waals surface area contributed by atoms with Crippen LogP contribution in [0.2, 0.25) is 0 Å². The molecule has 3 fully saturated rings. The van der Waals surface area contributed by atoms with Crippen LogP contribution in [0.5, 0.6) is 0 Å². The summed E-state index contributed by atoms with van der Waals surface area (Å²) < 4.78 is 6.20. The average molecular weight is 395 g/mol. The number of benzene rings is 1. The summed E-state index contributed by atoms with van der Waals surface area (Å²) in [6.07, 6.45) is 5.01. The number of amides is 1. The van der Waals surface area contributed by atoms with Crippen LogP contribution >= 0.6 is 0 Å². The summed E-state index contributed by atoms with van der Waals surface area (Å²) in [6.45, 7) is 8.77. The van der Waals surface area contributed by atoms with Gasteiger partial charge in [-0.1, -0.05) is 18.6 Å². The molecule has 1 spiro atoms. The van der Waals surface area contributed by atoms with E-state index in [9.17, 15) is 4.79 Å². The molecule has 1 N–H and O–H groups in total. The van der Waals surface area contributed by atoms with Gasteiger partial charge in [-0.05, 0) is 69.5 Å². The van der Waals surface area contributed by atoms with Crippen LogP contribution in [0, 0.1) is 13.8 Å². The zero-order chi connectivity index (χ0) is 20.0. The van der Waals surface area contributed by atoms with Crippen LogP contribution in [0.25, 0.3) is 11.3 Å². The number of aromatic nitrogens is 2. The van der Waals surface area contributed by atoms with Crippen molar-refractivity contribution in [2.24, 2.45) is 0 Å². The summed E-state index contributed by atoms with van der Waals surface area (Å²) in [5, 5.41) is 7.31. The predicted molar refractivity (Wildman–Crippen MR) is 112 cm³/mol. The van der Waals surface area contributed by atoms with Crippen LogP contribution in [0.4, 0.5) is 0 Å². The maximum Gasteiger partial charge on any atom is 0.272 e. The lowest BCUT2D eigenvalue weighted by Gasteiger charge is -2.47. The van der Waals surface area contributed by atoms with E-state index in [4.69, 9.17) is 4.74 Å². The lowest BCUT2D eigenvalue weighted by atomic mass is 9.88. The molecule has 3 saturated heterocycles. The third-order valence-electron chi connectivity index (χ3n) is 6.95. The summed E-state index contributed by atoms with van der Waals surface area (Å²) in [5.74, 6) is 0.0169. The first-order valence-corrected chi connectivity index (χ1v) is 10.8. The molecule has 2 aromatic rings. The van der Waals surface area contributed by atoms with Crippen molar-refractivity contribution in [2.45, 2.75) is 51.2 Å². The Kier molecular flexibility index (Phi) is 4.71. The number of piperidine rings is 1. The molecule has 6 heteroatoms. The molecule has 1 aromatic heterocycles. The van der Waals surface area contributed by atoms with E-state index < -0.39 is 0 Å². The van der Waals surface area contributed by atoms with Gasteiger partial charge in [0.25, 0.3) is 5.91 Å². The van der Waals surface area contributed by atoms with Gasteiger partial charge < -0.3 is 9.64 Å². The number of H-pyrrole nitrogens is 1. The number of aryl methyl sites for hydroxylation is 2. The number of rotatable bonds is 3. The van der Waals surface area contributed by atoms with E-state index in [0.717, 1.165) is 24.3 Å². The summed E-state index contributed by atoms with van der Waals surface area (Å²) in [6, 6.07) is 8.65. The van der Waals surface area contributed by atoms with Gasteiger partial charge >= 0.3 is 0 Å². The molecule has 1 aromatic carbocycles. The highest BCUT2D eigenvalue weighted by Gasteiger charge is 2.52. The lowest BCUT2D eigenvalue weighted by molar-refractivity contribution is -0.0952. The Morgan fingerprint density at radius 3 is 2.69 bits per heavy atom. The van der Waals surface area contributed by atoms with E-state index in [2.05, 4.69) is 47.1 Å². The Labute approximate surface area is 172 Å². The highest BCUT2D eigenvalue weighted by Crippen LogP contribution is 2.38. The molecule has 0 bridgehead atoms. The maximum atomic E-state index is 12.9. The van der Waals surface area contributed by atoms with Gasteiger partial charge in [0.15, 0.2) is 0 Å². The zero-order valence-corrected chi connectivity index (χ0v) is 17.4. The van der Waals surface area contributed by atoms with Gasteiger partial charge in [0.05, 0.1) is 25.4 Å². The van der Waals surface area contributed by atoms with E-state index in [-0.39, 0.29) is 11.5 Å². The van der Waals surface area contributed by atoms with Gasteiger partial charge in [-0.2, -0.15) is 5.10 Å². The van der Waals surface area contributed by atoms with Crippen molar-refractivity contribution in [1.82, 2.24) is 20.0 Å². The van der Waals surface area contributed by atoms with Gasteiger partial charge in [0.1, 0.15) is 11.3 Å². The topological polar surface area (TPSA) is 61.5 Å². The molecule has 0 radical (unpaired) electrons. The minimum Gasteiger partial charge on any atom is -0.370 e. The third kappa shape index (κ3) is 3.49. The molecule has 6 nitrogen and oxygen atoms in total. The standard InChI is InChI=1S/C23H30N4O2/c1-16-6-7-18(10-17(16)2)20-11-21(25-24-20)22(28)27-14-23(15-27)12-19(13-29-23)26-8-4-3-5-9-26/h6-7,10-11,19H,3-5,8-9,12-15H2,1-2H3,(H,24,25). The van der Waals surface area contributed by atoms with Gasteiger partial charge in [0, 0.05) is 11.6 Å². The highest BCUT2D eigenvalue weighted by atomic mass is 16.5. The number of hydrogen-bond acceptors (Lipinski definition) is 4. The number of nitrogens with one attached hydrogen (secondary N) is 1. The fraction of sp³-hybridized carbons (Fsp3) is 0.565. The monoisotopic (exact) mass is 394 g/mol. The normalized spacial score (nSPS) is 24.1. The van der Waals surface area contributed by atoms with Gasteiger partial charge in [-0.3, -0.25) is 14.8 Å². The van der Waals surface area contributed by atoms with Crippen LogP contribution in [-0.4, -0.2) is 70.3 Å². The molecular formula is C23H30N4O2. The molecule has 0 aliphatic carbocycles. The second-order valence-electron chi connectivity index (χ2n) is 9.08. The zero-order valence-electron chi connectivity index (χ0n) is 17.4. The summed E-state index contributed by atoms with van der Waals surface area (Å²) in [4.78, 5) is 17.4. The van der Waals surface area contributed by atoms with Crippen molar-refractivity contribution in [3.8, 4) is 11.3 Å². The highest BCUT2D eigenvalue weighted by molar-refractivity contribution is 5.94. The van der Waals surface area contributed by atoms with Crippen LogP contribution in [-0.2, 0) is 4.74 Å². The third-order valence-corrected chi connectivity index (χ3v) is 6.95. The first-order valence-electron chi connectivity index (χ1n) is 10.8.